The normalized spacial score (nSPS) is 18.3. The largest absolute Gasteiger partial charge is 0.371 e. The van der Waals surface area contributed by atoms with Gasteiger partial charge in [0.25, 0.3) is 0 Å². The molecule has 1 aliphatic carbocycles. The number of benzene rings is 1. The Hall–Kier alpha value is -1.39. The van der Waals surface area contributed by atoms with E-state index >= 15 is 0 Å². The zero-order valence-corrected chi connectivity index (χ0v) is 15.4. The molecule has 3 nitrogen and oxygen atoms in total. The van der Waals surface area contributed by atoms with Crippen LogP contribution in [0.5, 0.6) is 0 Å². The first-order valence-corrected chi connectivity index (χ1v) is 9.10. The summed E-state index contributed by atoms with van der Waals surface area (Å²) < 4.78 is 1.07. The van der Waals surface area contributed by atoms with Crippen LogP contribution >= 0.6 is 15.9 Å². The van der Waals surface area contributed by atoms with Gasteiger partial charge in [-0.15, -0.1) is 0 Å². The highest BCUT2D eigenvalue weighted by atomic mass is 79.9. The summed E-state index contributed by atoms with van der Waals surface area (Å²) in [4.78, 5) is 6.91. The number of aromatic nitrogens is 1. The monoisotopic (exact) mass is 373 g/mol. The predicted octanol–water partition coefficient (Wildman–Crippen LogP) is 4.34. The van der Waals surface area contributed by atoms with Gasteiger partial charge in [0, 0.05) is 47.7 Å². The number of para-hydroxylation sites is 1. The Kier molecular flexibility index (Phi) is 5.34. The first-order valence-electron chi connectivity index (χ1n) is 8.30. The van der Waals surface area contributed by atoms with Crippen molar-refractivity contribution in [2.45, 2.75) is 38.3 Å². The zero-order valence-electron chi connectivity index (χ0n) is 13.8. The summed E-state index contributed by atoms with van der Waals surface area (Å²) in [6.07, 6.45) is 5.41. The third kappa shape index (κ3) is 3.93. The molecule has 0 amide bonds. The molecule has 1 aromatic heterocycles. The molecular formula is C19H24BrN3. The van der Waals surface area contributed by atoms with E-state index in [1.807, 2.05) is 6.20 Å². The third-order valence-electron chi connectivity index (χ3n) is 4.74. The van der Waals surface area contributed by atoms with Crippen molar-refractivity contribution in [2.75, 3.05) is 18.5 Å². The smallest absolute Gasteiger partial charge is 0.0452 e. The van der Waals surface area contributed by atoms with E-state index in [0.717, 1.165) is 17.4 Å². The lowest BCUT2D eigenvalue weighted by Gasteiger charge is -2.31. The fourth-order valence-corrected chi connectivity index (χ4v) is 3.55. The number of rotatable bonds is 5. The summed E-state index contributed by atoms with van der Waals surface area (Å²) in [6.45, 7) is 3.23. The van der Waals surface area contributed by atoms with Gasteiger partial charge in [-0.25, -0.2) is 0 Å². The Morgan fingerprint density at radius 2 is 2.13 bits per heavy atom. The van der Waals surface area contributed by atoms with E-state index in [4.69, 9.17) is 0 Å². The minimum absolute atomic E-state index is 0.412. The Morgan fingerprint density at radius 3 is 2.91 bits per heavy atom. The maximum atomic E-state index is 4.58. The topological polar surface area (TPSA) is 28.2 Å². The quantitative estimate of drug-likeness (QED) is 0.844. The van der Waals surface area contributed by atoms with E-state index in [1.165, 1.54) is 29.8 Å². The second-order valence-corrected chi connectivity index (χ2v) is 7.25. The molecule has 0 spiro atoms. The number of pyridine rings is 1. The van der Waals surface area contributed by atoms with Crippen LogP contribution in [0.2, 0.25) is 0 Å². The third-order valence-corrected chi connectivity index (χ3v) is 5.17. The molecule has 0 aliphatic heterocycles. The Balaban J connectivity index is 1.64. The van der Waals surface area contributed by atoms with Crippen LogP contribution in [0.4, 0.5) is 5.69 Å². The lowest BCUT2D eigenvalue weighted by atomic mass is 9.91. The molecule has 2 unspecified atom stereocenters. The zero-order chi connectivity index (χ0) is 16.2. The second-order valence-electron chi connectivity index (χ2n) is 6.34. The number of hydrogen-bond acceptors (Lipinski definition) is 3. The second kappa shape index (κ2) is 7.45. The fraction of sp³-hybridized carbons (Fsp3) is 0.421. The molecule has 2 atom stereocenters. The summed E-state index contributed by atoms with van der Waals surface area (Å²) in [7, 11) is 2.16. The van der Waals surface area contributed by atoms with Crippen LogP contribution in [0.15, 0.2) is 47.1 Å². The molecule has 0 radical (unpaired) electrons. The van der Waals surface area contributed by atoms with Gasteiger partial charge in [0.15, 0.2) is 0 Å². The number of nitrogens with zero attached hydrogens (tertiary/aromatic N) is 2. The van der Waals surface area contributed by atoms with Crippen LogP contribution in [0.25, 0.3) is 0 Å². The molecular weight excluding hydrogens is 350 g/mol. The number of aryl methyl sites for hydroxylation is 1. The highest BCUT2D eigenvalue weighted by Crippen LogP contribution is 2.30. The van der Waals surface area contributed by atoms with E-state index < -0.39 is 0 Å². The van der Waals surface area contributed by atoms with Gasteiger partial charge in [-0.2, -0.15) is 0 Å². The van der Waals surface area contributed by atoms with Crippen molar-refractivity contribution < 1.29 is 0 Å². The van der Waals surface area contributed by atoms with Gasteiger partial charge in [0.1, 0.15) is 0 Å². The van der Waals surface area contributed by atoms with Crippen molar-refractivity contribution in [3.05, 3.63) is 58.3 Å². The first-order chi connectivity index (χ1) is 11.1. The number of nitrogens with one attached hydrogen (secondary N) is 1. The van der Waals surface area contributed by atoms with Crippen molar-refractivity contribution in [3.63, 3.8) is 0 Å². The van der Waals surface area contributed by atoms with Crippen LogP contribution in [-0.4, -0.2) is 24.6 Å². The lowest BCUT2D eigenvalue weighted by molar-refractivity contribution is 0.437. The first kappa shape index (κ1) is 16.5. The Labute approximate surface area is 147 Å². The minimum atomic E-state index is 0.412. The molecule has 1 aliphatic rings. The number of hydrogen-bond donors (Lipinski definition) is 1. The Morgan fingerprint density at radius 1 is 1.35 bits per heavy atom. The molecule has 4 heteroatoms. The molecule has 122 valence electrons. The summed E-state index contributed by atoms with van der Waals surface area (Å²) in [5.41, 5.74) is 3.87. The highest BCUT2D eigenvalue weighted by molar-refractivity contribution is 9.10. The van der Waals surface area contributed by atoms with Gasteiger partial charge in [0.2, 0.25) is 0 Å². The molecule has 1 N–H and O–H groups in total. The molecule has 0 fully saturated rings. The van der Waals surface area contributed by atoms with Crippen molar-refractivity contribution in [1.29, 1.82) is 0 Å². The van der Waals surface area contributed by atoms with E-state index in [-0.39, 0.29) is 0 Å². The van der Waals surface area contributed by atoms with Crippen molar-refractivity contribution >= 4 is 21.6 Å². The number of likely N-dealkylation sites (N-methyl/N-ethyl adjacent to an activating group) is 1. The van der Waals surface area contributed by atoms with Gasteiger partial charge in [-0.3, -0.25) is 4.98 Å². The van der Waals surface area contributed by atoms with Gasteiger partial charge in [-0.05, 0) is 65.9 Å². The molecule has 0 saturated heterocycles. The van der Waals surface area contributed by atoms with Crippen LogP contribution in [0.1, 0.15) is 37.1 Å². The van der Waals surface area contributed by atoms with Gasteiger partial charge >= 0.3 is 0 Å². The average molecular weight is 374 g/mol. The summed E-state index contributed by atoms with van der Waals surface area (Å²) in [5, 5.41) is 3.75. The van der Waals surface area contributed by atoms with Crippen LogP contribution in [0, 0.1) is 0 Å². The van der Waals surface area contributed by atoms with Crippen LogP contribution in [0.3, 0.4) is 0 Å². The Bertz CT molecular complexity index is 644. The summed E-state index contributed by atoms with van der Waals surface area (Å²) in [6, 6.07) is 13.6. The molecule has 1 heterocycles. The summed E-state index contributed by atoms with van der Waals surface area (Å²) >= 11 is 3.55. The molecule has 23 heavy (non-hydrogen) atoms. The number of fused-ring (bicyclic) bond motifs is 1. The van der Waals surface area contributed by atoms with E-state index in [1.54, 1.807) is 0 Å². The number of anilines is 1. The molecule has 3 rings (SSSR count). The average Bonchev–Trinajstić information content (AvgIpc) is 2.59. The van der Waals surface area contributed by atoms with E-state index in [2.05, 4.69) is 81.5 Å². The van der Waals surface area contributed by atoms with E-state index in [0.29, 0.717) is 12.1 Å². The molecule has 2 aromatic rings. The minimum Gasteiger partial charge on any atom is -0.371 e. The standard InChI is InChI=1S/C19H24BrN3/c1-14(23(2)16-7-4-3-5-8-16)12-21-18-9-6-10-19-17(18)11-15(20)13-22-19/h3-5,7-8,11,13-14,18,21H,6,9-10,12H2,1-2H3. The molecule has 0 saturated carbocycles. The lowest BCUT2D eigenvalue weighted by Crippen LogP contribution is -2.40. The highest BCUT2D eigenvalue weighted by Gasteiger charge is 2.22. The maximum Gasteiger partial charge on any atom is 0.0452 e. The fourth-order valence-electron chi connectivity index (χ4n) is 3.20. The SMILES string of the molecule is CC(CNC1CCCc2ncc(Br)cc21)N(C)c1ccccc1. The van der Waals surface area contributed by atoms with E-state index in [9.17, 15) is 0 Å². The maximum absolute atomic E-state index is 4.58. The molecule has 0 bridgehead atoms. The van der Waals surface area contributed by atoms with Crippen LogP contribution < -0.4 is 10.2 Å². The van der Waals surface area contributed by atoms with Gasteiger partial charge in [0.05, 0.1) is 0 Å². The van der Waals surface area contributed by atoms with Crippen molar-refractivity contribution in [2.24, 2.45) is 0 Å². The van der Waals surface area contributed by atoms with Gasteiger partial charge in [-0.1, -0.05) is 18.2 Å². The van der Waals surface area contributed by atoms with Gasteiger partial charge < -0.3 is 10.2 Å². The molecule has 1 aromatic carbocycles. The van der Waals surface area contributed by atoms with Crippen molar-refractivity contribution in [3.8, 4) is 0 Å². The number of halogens is 1. The van der Waals surface area contributed by atoms with Crippen molar-refractivity contribution in [1.82, 2.24) is 10.3 Å². The van der Waals surface area contributed by atoms with Crippen LogP contribution in [-0.2, 0) is 6.42 Å². The predicted molar refractivity (Wildman–Crippen MR) is 99.9 cm³/mol. The summed E-state index contributed by atoms with van der Waals surface area (Å²) in [5.74, 6) is 0.